The number of carbonyl (C=O) groups is 3. The van der Waals surface area contributed by atoms with Gasteiger partial charge >= 0.3 is 5.97 Å². The molecule has 0 bridgehead atoms. The van der Waals surface area contributed by atoms with Crippen LogP contribution in [-0.4, -0.2) is 55.0 Å². The van der Waals surface area contributed by atoms with Crippen molar-refractivity contribution in [2.75, 3.05) is 20.3 Å². The number of hydrogen-bond donors (Lipinski definition) is 1. The van der Waals surface area contributed by atoms with Gasteiger partial charge in [0.1, 0.15) is 11.8 Å². The van der Waals surface area contributed by atoms with Gasteiger partial charge < -0.3 is 19.7 Å². The molecule has 7 nitrogen and oxygen atoms in total. The maximum atomic E-state index is 12.5. The van der Waals surface area contributed by atoms with E-state index in [1.54, 1.807) is 30.2 Å². The summed E-state index contributed by atoms with van der Waals surface area (Å²) in [6, 6.07) is 6.60. The zero-order valence-corrected chi connectivity index (χ0v) is 18.1. The molecule has 0 saturated heterocycles. The van der Waals surface area contributed by atoms with Crippen LogP contribution in [0, 0.1) is 0 Å². The Morgan fingerprint density at radius 3 is 2.43 bits per heavy atom. The fourth-order valence-corrected chi connectivity index (χ4v) is 3.58. The Morgan fingerprint density at radius 1 is 1.17 bits per heavy atom. The van der Waals surface area contributed by atoms with Gasteiger partial charge in [-0.15, -0.1) is 0 Å². The van der Waals surface area contributed by atoms with Crippen molar-refractivity contribution in [2.45, 2.75) is 58.0 Å². The summed E-state index contributed by atoms with van der Waals surface area (Å²) < 4.78 is 10.2. The van der Waals surface area contributed by atoms with Gasteiger partial charge in [0.15, 0.2) is 6.61 Å². The highest BCUT2D eigenvalue weighted by Gasteiger charge is 2.25. The molecule has 1 aromatic carbocycles. The molecule has 1 saturated carbocycles. The predicted molar refractivity (Wildman–Crippen MR) is 115 cm³/mol. The summed E-state index contributed by atoms with van der Waals surface area (Å²) in [7, 11) is 1.59. The number of amides is 2. The maximum absolute atomic E-state index is 12.5. The van der Waals surface area contributed by atoms with E-state index in [1.165, 1.54) is 19.4 Å². The summed E-state index contributed by atoms with van der Waals surface area (Å²) in [5.74, 6) is -0.503. The van der Waals surface area contributed by atoms with Crippen LogP contribution in [0.5, 0.6) is 5.75 Å². The van der Waals surface area contributed by atoms with Crippen molar-refractivity contribution in [3.8, 4) is 5.75 Å². The molecule has 0 spiro atoms. The molecule has 0 aromatic heterocycles. The number of carbonyl (C=O) groups excluding carboxylic acids is 3. The lowest BCUT2D eigenvalue weighted by molar-refractivity contribution is -0.155. The average molecular weight is 417 g/mol. The molecule has 1 aliphatic rings. The first-order chi connectivity index (χ1) is 14.4. The van der Waals surface area contributed by atoms with Crippen LogP contribution < -0.4 is 10.1 Å². The van der Waals surface area contributed by atoms with E-state index >= 15 is 0 Å². The molecular formula is C23H32N2O5. The van der Waals surface area contributed by atoms with E-state index in [9.17, 15) is 14.4 Å². The van der Waals surface area contributed by atoms with Crippen LogP contribution in [0.4, 0.5) is 0 Å². The summed E-state index contributed by atoms with van der Waals surface area (Å²) in [5.41, 5.74) is 0.828. The summed E-state index contributed by atoms with van der Waals surface area (Å²) in [5, 5.41) is 2.55. The van der Waals surface area contributed by atoms with Gasteiger partial charge in [-0.2, -0.15) is 0 Å². The number of hydrogen-bond acceptors (Lipinski definition) is 5. The molecule has 30 heavy (non-hydrogen) atoms. The minimum Gasteiger partial charge on any atom is -0.497 e. The Labute approximate surface area is 178 Å². The highest BCUT2D eigenvalue weighted by atomic mass is 16.5. The number of nitrogens with zero attached hydrogens (tertiary/aromatic N) is 1. The predicted octanol–water partition coefficient (Wildman–Crippen LogP) is 2.94. The Hall–Kier alpha value is -2.83. The molecule has 2 rings (SSSR count). The number of likely N-dealkylation sites (N-methyl/N-ethyl adjacent to an activating group) is 1. The smallest absolute Gasteiger partial charge is 0.328 e. The summed E-state index contributed by atoms with van der Waals surface area (Å²) >= 11 is 0. The standard InChI is InChI=1S/C23H32N2O5/c1-4-25(19-8-6-5-7-9-19)22(27)16-30-23(28)17(2)24-21(26)15-12-18-10-13-20(29-3)14-11-18/h10-15,17,19H,4-9,16H2,1-3H3,(H,24,26). The van der Waals surface area contributed by atoms with E-state index in [2.05, 4.69) is 5.32 Å². The van der Waals surface area contributed by atoms with Gasteiger partial charge in [-0.25, -0.2) is 4.79 Å². The van der Waals surface area contributed by atoms with E-state index in [4.69, 9.17) is 9.47 Å². The molecule has 1 atom stereocenters. The van der Waals surface area contributed by atoms with E-state index in [-0.39, 0.29) is 18.6 Å². The van der Waals surface area contributed by atoms with Crippen LogP contribution in [-0.2, 0) is 19.1 Å². The lowest BCUT2D eigenvalue weighted by Crippen LogP contribution is -2.45. The van der Waals surface area contributed by atoms with Crippen LogP contribution >= 0.6 is 0 Å². The van der Waals surface area contributed by atoms with Gasteiger partial charge in [-0.1, -0.05) is 31.4 Å². The summed E-state index contributed by atoms with van der Waals surface area (Å²) in [4.78, 5) is 38.5. The van der Waals surface area contributed by atoms with E-state index in [0.29, 0.717) is 6.54 Å². The third-order valence-electron chi connectivity index (χ3n) is 5.27. The first-order valence-corrected chi connectivity index (χ1v) is 10.5. The van der Waals surface area contributed by atoms with Gasteiger partial charge in [0.2, 0.25) is 5.91 Å². The largest absolute Gasteiger partial charge is 0.497 e. The van der Waals surface area contributed by atoms with E-state index < -0.39 is 17.9 Å². The molecule has 1 aromatic rings. The third kappa shape index (κ3) is 7.21. The van der Waals surface area contributed by atoms with Gasteiger partial charge in [-0.05, 0) is 50.5 Å². The van der Waals surface area contributed by atoms with Crippen LogP contribution in [0.25, 0.3) is 6.08 Å². The van der Waals surface area contributed by atoms with Gasteiger partial charge in [0.25, 0.3) is 5.91 Å². The molecule has 1 unspecified atom stereocenters. The second kappa shape index (κ2) is 12.0. The van der Waals surface area contributed by atoms with Crippen molar-refractivity contribution in [1.82, 2.24) is 10.2 Å². The molecule has 2 amide bonds. The molecule has 1 aliphatic carbocycles. The summed E-state index contributed by atoms with van der Waals surface area (Å²) in [6.45, 7) is 3.77. The Morgan fingerprint density at radius 2 is 1.83 bits per heavy atom. The topological polar surface area (TPSA) is 84.9 Å². The van der Waals surface area contributed by atoms with Gasteiger partial charge in [-0.3, -0.25) is 9.59 Å². The quantitative estimate of drug-likeness (QED) is 0.494. The second-order valence-electron chi connectivity index (χ2n) is 7.42. The lowest BCUT2D eigenvalue weighted by Gasteiger charge is -2.33. The second-order valence-corrected chi connectivity index (χ2v) is 7.42. The van der Waals surface area contributed by atoms with Crippen molar-refractivity contribution in [3.63, 3.8) is 0 Å². The highest BCUT2D eigenvalue weighted by Crippen LogP contribution is 2.22. The van der Waals surface area contributed by atoms with Gasteiger partial charge in [0, 0.05) is 18.7 Å². The Bertz CT molecular complexity index is 738. The van der Waals surface area contributed by atoms with Crippen molar-refractivity contribution in [1.29, 1.82) is 0 Å². The van der Waals surface area contributed by atoms with Crippen molar-refractivity contribution in [2.24, 2.45) is 0 Å². The highest BCUT2D eigenvalue weighted by molar-refractivity contribution is 5.94. The average Bonchev–Trinajstić information content (AvgIpc) is 2.77. The number of rotatable bonds is 9. The number of benzene rings is 1. The van der Waals surface area contributed by atoms with E-state index in [1.807, 2.05) is 19.1 Å². The monoisotopic (exact) mass is 416 g/mol. The number of methoxy groups -OCH3 is 1. The van der Waals surface area contributed by atoms with E-state index in [0.717, 1.165) is 37.0 Å². The molecule has 0 heterocycles. The van der Waals surface area contributed by atoms with Crippen molar-refractivity contribution in [3.05, 3.63) is 35.9 Å². The number of esters is 1. The Balaban J connectivity index is 1.77. The lowest BCUT2D eigenvalue weighted by atomic mass is 9.94. The van der Waals surface area contributed by atoms with Crippen molar-refractivity contribution < 1.29 is 23.9 Å². The molecule has 0 radical (unpaired) electrons. The van der Waals surface area contributed by atoms with Crippen molar-refractivity contribution >= 4 is 23.9 Å². The first-order valence-electron chi connectivity index (χ1n) is 10.5. The number of nitrogens with one attached hydrogen (secondary N) is 1. The molecular weight excluding hydrogens is 384 g/mol. The number of ether oxygens (including phenoxy) is 2. The third-order valence-corrected chi connectivity index (χ3v) is 5.27. The molecule has 7 heteroatoms. The zero-order chi connectivity index (χ0) is 21.9. The zero-order valence-electron chi connectivity index (χ0n) is 18.1. The van der Waals surface area contributed by atoms with Crippen LogP contribution in [0.1, 0.15) is 51.5 Å². The molecule has 164 valence electrons. The fourth-order valence-electron chi connectivity index (χ4n) is 3.58. The first kappa shape index (κ1) is 23.4. The van der Waals surface area contributed by atoms with Crippen LogP contribution in [0.3, 0.4) is 0 Å². The summed E-state index contributed by atoms with van der Waals surface area (Å²) in [6.07, 6.45) is 8.45. The SMILES string of the molecule is CCN(C(=O)COC(=O)C(C)NC(=O)C=Cc1ccc(OC)cc1)C1CCCCC1. The van der Waals surface area contributed by atoms with Crippen LogP contribution in [0.2, 0.25) is 0 Å². The fraction of sp³-hybridized carbons (Fsp3) is 0.522. The van der Waals surface area contributed by atoms with Crippen LogP contribution in [0.15, 0.2) is 30.3 Å². The molecule has 1 fully saturated rings. The normalized spacial score (nSPS) is 15.4. The minimum atomic E-state index is -0.851. The minimum absolute atomic E-state index is 0.185. The molecule has 0 aliphatic heterocycles. The molecule has 1 N–H and O–H groups in total. The maximum Gasteiger partial charge on any atom is 0.328 e. The van der Waals surface area contributed by atoms with Gasteiger partial charge in [0.05, 0.1) is 7.11 Å². The Kier molecular flexibility index (Phi) is 9.38.